The molecule has 0 saturated heterocycles. The Balaban J connectivity index is 1.03. The van der Waals surface area contributed by atoms with Gasteiger partial charge in [-0.25, -0.2) is 0 Å². The lowest BCUT2D eigenvalue weighted by molar-refractivity contribution is 0.672. The maximum atomic E-state index is 11.2. The Morgan fingerprint density at radius 2 is 0.658 bits per heavy atom. The van der Waals surface area contributed by atoms with Gasteiger partial charge in [-0.05, 0) is 133 Å². The van der Waals surface area contributed by atoms with Crippen molar-refractivity contribution in [1.29, 1.82) is 10.5 Å². The van der Waals surface area contributed by atoms with Crippen molar-refractivity contribution in [2.75, 3.05) is 9.80 Å². The molecule has 8 heteroatoms. The topological polar surface area (TPSA) is 90.2 Å². The number of nitrogens with zero attached hydrogens (tertiary/aromatic N) is 6. The van der Waals surface area contributed by atoms with Crippen molar-refractivity contribution in [1.82, 2.24) is 9.13 Å². The fourth-order valence-corrected chi connectivity index (χ4v) is 11.7. The van der Waals surface area contributed by atoms with E-state index in [0.717, 1.165) is 122 Å². The van der Waals surface area contributed by atoms with Gasteiger partial charge in [0.05, 0.1) is 55.3 Å². The van der Waals surface area contributed by atoms with Crippen LogP contribution in [-0.2, 0) is 0 Å². The van der Waals surface area contributed by atoms with Gasteiger partial charge in [0.25, 0.3) is 0 Å². The summed E-state index contributed by atoms with van der Waals surface area (Å²) in [5.74, 6) is 0. The molecule has 0 radical (unpaired) electrons. The van der Waals surface area contributed by atoms with E-state index in [-0.39, 0.29) is 0 Å². The molecule has 0 aliphatic heterocycles. The predicted octanol–water partition coefficient (Wildman–Crippen LogP) is 18.4. The zero-order valence-corrected chi connectivity index (χ0v) is 40.6. The zero-order chi connectivity index (χ0) is 50.4. The lowest BCUT2D eigenvalue weighted by atomic mass is 10.1. The molecule has 0 aliphatic carbocycles. The van der Waals surface area contributed by atoms with Crippen molar-refractivity contribution < 1.29 is 8.83 Å². The van der Waals surface area contributed by atoms with E-state index >= 15 is 0 Å². The van der Waals surface area contributed by atoms with Gasteiger partial charge in [-0.1, -0.05) is 109 Å². The standard InChI is InChI=1S/C68H40N6O2/c69-41-43-37-44(42-70)62(74-58-34-30-50(72(47-21-9-3-10-22-47)48-23-11-4-12-24-48)39-56(58)66-60(74)36-32-54-52-26-14-16-28-64(52)76-68(54)66)40-61(43)73-57-33-29-49(71(45-17-5-1-6-18-45)46-19-7-2-8-20-46)38-55(57)65-59(73)35-31-53-51-25-13-15-27-63(51)75-67(53)65/h1-40H. The van der Waals surface area contributed by atoms with Crippen molar-refractivity contribution in [3.05, 3.63) is 254 Å². The third kappa shape index (κ3) is 6.42. The number of nitriles is 2. The second-order valence-electron chi connectivity index (χ2n) is 19.1. The fraction of sp³-hybridized carbons (Fsp3) is 0. The highest BCUT2D eigenvalue weighted by atomic mass is 16.3. The monoisotopic (exact) mass is 972 g/mol. The first-order valence-corrected chi connectivity index (χ1v) is 25.2. The molecule has 0 aliphatic rings. The molecule has 8 nitrogen and oxygen atoms in total. The molecule has 0 N–H and O–H groups in total. The summed E-state index contributed by atoms with van der Waals surface area (Å²) in [6.45, 7) is 0. The summed E-state index contributed by atoms with van der Waals surface area (Å²) in [5, 5.41) is 30.2. The van der Waals surface area contributed by atoms with E-state index in [9.17, 15) is 10.5 Å². The summed E-state index contributed by atoms with van der Waals surface area (Å²) in [6.07, 6.45) is 0. The van der Waals surface area contributed by atoms with Crippen molar-refractivity contribution in [2.45, 2.75) is 0 Å². The molecule has 11 aromatic carbocycles. The fourth-order valence-electron chi connectivity index (χ4n) is 11.7. The Bertz CT molecular complexity index is 4520. The highest BCUT2D eigenvalue weighted by Crippen LogP contribution is 2.47. The number of aromatic nitrogens is 2. The van der Waals surface area contributed by atoms with Crippen LogP contribution in [0.1, 0.15) is 11.1 Å². The van der Waals surface area contributed by atoms with Crippen LogP contribution in [0.25, 0.3) is 98.9 Å². The van der Waals surface area contributed by atoms with Crippen LogP contribution in [0.3, 0.4) is 0 Å². The normalized spacial score (nSPS) is 11.7. The molecule has 15 rings (SSSR count). The minimum Gasteiger partial charge on any atom is -0.455 e. The van der Waals surface area contributed by atoms with Gasteiger partial charge < -0.3 is 27.8 Å². The van der Waals surface area contributed by atoms with Crippen LogP contribution in [0, 0.1) is 22.7 Å². The molecule has 0 atom stereocenters. The first kappa shape index (κ1) is 42.8. The minimum atomic E-state index is 0.354. The Morgan fingerprint density at radius 3 is 1.04 bits per heavy atom. The number of furan rings is 2. The van der Waals surface area contributed by atoms with Gasteiger partial charge in [0.1, 0.15) is 34.5 Å². The smallest absolute Gasteiger partial charge is 0.145 e. The molecule has 4 heterocycles. The van der Waals surface area contributed by atoms with E-state index in [0.29, 0.717) is 22.5 Å². The number of fused-ring (bicyclic) bond motifs is 14. The van der Waals surface area contributed by atoms with Gasteiger partial charge in [-0.3, -0.25) is 0 Å². The van der Waals surface area contributed by atoms with Gasteiger partial charge in [-0.2, -0.15) is 10.5 Å². The number of hydrogen-bond acceptors (Lipinski definition) is 6. The molecule has 0 amide bonds. The highest BCUT2D eigenvalue weighted by Gasteiger charge is 2.27. The van der Waals surface area contributed by atoms with Gasteiger partial charge in [0.15, 0.2) is 0 Å². The lowest BCUT2D eigenvalue weighted by Crippen LogP contribution is -2.09. The van der Waals surface area contributed by atoms with Gasteiger partial charge in [-0.15, -0.1) is 0 Å². The third-order valence-electron chi connectivity index (χ3n) is 14.9. The maximum absolute atomic E-state index is 11.2. The van der Waals surface area contributed by atoms with Gasteiger partial charge >= 0.3 is 0 Å². The van der Waals surface area contributed by atoms with E-state index in [2.05, 4.69) is 201 Å². The number of anilines is 6. The molecule has 0 fully saturated rings. The van der Waals surface area contributed by atoms with E-state index in [1.165, 1.54) is 0 Å². The van der Waals surface area contributed by atoms with E-state index in [1.54, 1.807) is 6.07 Å². The summed E-state index contributed by atoms with van der Waals surface area (Å²) in [6, 6.07) is 88.1. The number of para-hydroxylation sites is 6. The summed E-state index contributed by atoms with van der Waals surface area (Å²) in [7, 11) is 0. The molecule has 0 saturated carbocycles. The lowest BCUT2D eigenvalue weighted by Gasteiger charge is -2.25. The van der Waals surface area contributed by atoms with Crippen LogP contribution in [0.15, 0.2) is 251 Å². The van der Waals surface area contributed by atoms with Crippen molar-refractivity contribution >= 4 is 122 Å². The summed E-state index contributed by atoms with van der Waals surface area (Å²) in [4.78, 5) is 4.51. The van der Waals surface area contributed by atoms with Crippen molar-refractivity contribution in [3.63, 3.8) is 0 Å². The largest absolute Gasteiger partial charge is 0.455 e. The molecule has 0 spiro atoms. The van der Waals surface area contributed by atoms with Crippen LogP contribution in [0.5, 0.6) is 0 Å². The highest BCUT2D eigenvalue weighted by molar-refractivity contribution is 6.26. The minimum absolute atomic E-state index is 0.354. The van der Waals surface area contributed by atoms with Crippen LogP contribution in [-0.4, -0.2) is 9.13 Å². The third-order valence-corrected chi connectivity index (χ3v) is 14.9. The molecular weight excluding hydrogens is 933 g/mol. The molecule has 0 bridgehead atoms. The first-order chi connectivity index (χ1) is 37.6. The van der Waals surface area contributed by atoms with Gasteiger partial charge in [0.2, 0.25) is 0 Å². The predicted molar refractivity (Wildman–Crippen MR) is 308 cm³/mol. The molecule has 0 unspecified atom stereocenters. The number of benzene rings is 11. The second-order valence-corrected chi connectivity index (χ2v) is 19.1. The van der Waals surface area contributed by atoms with E-state index in [1.807, 2.05) is 66.7 Å². The summed E-state index contributed by atoms with van der Waals surface area (Å²) >= 11 is 0. The molecule has 4 aromatic heterocycles. The molecular formula is C68H40N6O2. The van der Waals surface area contributed by atoms with Crippen LogP contribution in [0.4, 0.5) is 34.1 Å². The second kappa shape index (κ2) is 16.9. The molecule has 76 heavy (non-hydrogen) atoms. The van der Waals surface area contributed by atoms with Crippen LogP contribution in [0.2, 0.25) is 0 Å². The molecule has 15 aromatic rings. The zero-order valence-electron chi connectivity index (χ0n) is 40.6. The molecule has 354 valence electrons. The Kier molecular flexibility index (Phi) is 9.52. The number of hydrogen-bond donors (Lipinski definition) is 0. The summed E-state index contributed by atoms with van der Waals surface area (Å²) < 4.78 is 18.0. The van der Waals surface area contributed by atoms with E-state index in [4.69, 9.17) is 8.83 Å². The van der Waals surface area contributed by atoms with Crippen molar-refractivity contribution in [2.24, 2.45) is 0 Å². The van der Waals surface area contributed by atoms with Crippen LogP contribution < -0.4 is 9.80 Å². The Labute approximate surface area is 435 Å². The average molecular weight is 973 g/mol. The number of rotatable bonds is 8. The summed E-state index contributed by atoms with van der Waals surface area (Å²) in [5.41, 5.74) is 14.5. The maximum Gasteiger partial charge on any atom is 0.145 e. The van der Waals surface area contributed by atoms with E-state index < -0.39 is 0 Å². The average Bonchev–Trinajstić information content (AvgIpc) is 4.30. The SMILES string of the molecule is N#Cc1cc(C#N)c(-n2c3ccc(N(c4ccccc4)c4ccccc4)cc3c3c4oc5ccccc5c4ccc32)cc1-n1c2ccc(N(c3ccccc3)c3ccccc3)cc2c2c3oc4ccccc4c3ccc21. The van der Waals surface area contributed by atoms with Crippen LogP contribution >= 0.6 is 0 Å². The Hall–Kier alpha value is -10.8. The Morgan fingerprint density at radius 1 is 0.303 bits per heavy atom. The van der Waals surface area contributed by atoms with Crippen molar-refractivity contribution in [3.8, 4) is 23.5 Å². The first-order valence-electron chi connectivity index (χ1n) is 25.2. The van der Waals surface area contributed by atoms with Gasteiger partial charge in [0, 0.05) is 66.4 Å². The quantitative estimate of drug-likeness (QED) is 0.151.